The van der Waals surface area contributed by atoms with Crippen LogP contribution >= 0.6 is 0 Å². The first-order chi connectivity index (χ1) is 13.8. The van der Waals surface area contributed by atoms with Crippen LogP contribution in [-0.4, -0.2) is 22.1 Å². The normalized spacial score (nSPS) is 21.4. The molecule has 1 aromatic rings. The van der Waals surface area contributed by atoms with Gasteiger partial charge in [0.25, 0.3) is 0 Å². The molecular formula is C24H42N4. The molecule has 28 heavy (non-hydrogen) atoms. The van der Waals surface area contributed by atoms with Gasteiger partial charge >= 0.3 is 0 Å². The molecule has 0 radical (unpaired) electrons. The number of nitrogens with one attached hydrogen (secondary N) is 2. The second kappa shape index (κ2) is 11.9. The zero-order chi connectivity index (χ0) is 19.6. The number of fused-ring (bicyclic) bond motifs is 2. The monoisotopic (exact) mass is 386 g/mol. The van der Waals surface area contributed by atoms with Gasteiger partial charge in [-0.05, 0) is 12.8 Å². The molecule has 0 amide bonds. The van der Waals surface area contributed by atoms with Crippen molar-refractivity contribution in [2.45, 2.75) is 129 Å². The van der Waals surface area contributed by atoms with Crippen LogP contribution in [0.1, 0.15) is 114 Å². The van der Waals surface area contributed by atoms with Gasteiger partial charge in [-0.3, -0.25) is 9.97 Å². The number of hydrogen-bond donors (Lipinski definition) is 2. The Kier molecular flexibility index (Phi) is 9.20. The Hall–Kier alpha value is -1.00. The van der Waals surface area contributed by atoms with Crippen molar-refractivity contribution in [3.05, 3.63) is 22.8 Å². The topological polar surface area (TPSA) is 49.8 Å². The molecule has 3 rings (SSSR count). The van der Waals surface area contributed by atoms with E-state index < -0.39 is 0 Å². The van der Waals surface area contributed by atoms with Crippen LogP contribution < -0.4 is 10.6 Å². The SMILES string of the molecule is CCCCCCC[C@@H]1Cc2nc3c(nc2CN1)C[C@@H](CCCCCCC)NC3. The third-order valence-corrected chi connectivity index (χ3v) is 6.51. The second-order valence-electron chi connectivity index (χ2n) is 8.98. The molecule has 2 aliphatic heterocycles. The number of aromatic nitrogens is 2. The molecule has 4 heteroatoms. The first-order valence-electron chi connectivity index (χ1n) is 12.1. The van der Waals surface area contributed by atoms with E-state index in [0.29, 0.717) is 12.1 Å². The summed E-state index contributed by atoms with van der Waals surface area (Å²) in [6, 6.07) is 1.18. The van der Waals surface area contributed by atoms with E-state index in [1.54, 1.807) is 0 Å². The smallest absolute Gasteiger partial charge is 0.0760 e. The van der Waals surface area contributed by atoms with Crippen LogP contribution in [0.15, 0.2) is 0 Å². The number of rotatable bonds is 12. The van der Waals surface area contributed by atoms with Gasteiger partial charge in [0.1, 0.15) is 0 Å². The lowest BCUT2D eigenvalue weighted by Crippen LogP contribution is -2.40. The Balaban J connectivity index is 1.46. The van der Waals surface area contributed by atoms with E-state index in [1.807, 2.05) is 0 Å². The Morgan fingerprint density at radius 2 is 1.04 bits per heavy atom. The predicted octanol–water partition coefficient (Wildman–Crippen LogP) is 5.23. The summed E-state index contributed by atoms with van der Waals surface area (Å²) in [5.74, 6) is 0. The van der Waals surface area contributed by atoms with Crippen LogP contribution in [0, 0.1) is 0 Å². The third kappa shape index (κ3) is 6.52. The zero-order valence-corrected chi connectivity index (χ0v) is 18.4. The first kappa shape index (κ1) is 21.7. The Morgan fingerprint density at radius 3 is 1.46 bits per heavy atom. The molecule has 0 aliphatic carbocycles. The molecule has 2 aliphatic rings. The Labute approximate surface area is 172 Å². The summed E-state index contributed by atoms with van der Waals surface area (Å²) in [6.07, 6.45) is 18.3. The van der Waals surface area contributed by atoms with Crippen LogP contribution in [0.25, 0.3) is 0 Å². The molecule has 0 saturated heterocycles. The summed E-state index contributed by atoms with van der Waals surface area (Å²) >= 11 is 0. The predicted molar refractivity (Wildman–Crippen MR) is 117 cm³/mol. The van der Waals surface area contributed by atoms with Gasteiger partial charge in [-0.2, -0.15) is 0 Å². The summed E-state index contributed by atoms with van der Waals surface area (Å²) in [4.78, 5) is 10.1. The molecule has 4 nitrogen and oxygen atoms in total. The zero-order valence-electron chi connectivity index (χ0n) is 18.4. The summed E-state index contributed by atoms with van der Waals surface area (Å²) in [7, 11) is 0. The molecule has 158 valence electrons. The van der Waals surface area contributed by atoms with Crippen LogP contribution in [0.5, 0.6) is 0 Å². The first-order valence-corrected chi connectivity index (χ1v) is 12.1. The van der Waals surface area contributed by atoms with Gasteiger partial charge in [-0.25, -0.2) is 0 Å². The molecule has 0 spiro atoms. The summed E-state index contributed by atoms with van der Waals surface area (Å²) in [5.41, 5.74) is 4.95. The lowest BCUT2D eigenvalue weighted by atomic mass is 9.96. The van der Waals surface area contributed by atoms with Crippen molar-refractivity contribution in [2.24, 2.45) is 0 Å². The average Bonchev–Trinajstić information content (AvgIpc) is 2.72. The maximum Gasteiger partial charge on any atom is 0.0760 e. The molecule has 0 unspecified atom stereocenters. The van der Waals surface area contributed by atoms with Crippen LogP contribution in [0.4, 0.5) is 0 Å². The quantitative estimate of drug-likeness (QED) is 0.483. The number of hydrogen-bond acceptors (Lipinski definition) is 4. The Bertz CT molecular complexity index is 534. The van der Waals surface area contributed by atoms with Crippen molar-refractivity contribution >= 4 is 0 Å². The van der Waals surface area contributed by atoms with Crippen molar-refractivity contribution < 1.29 is 0 Å². The molecule has 2 N–H and O–H groups in total. The number of nitrogens with zero attached hydrogens (tertiary/aromatic N) is 2. The fourth-order valence-corrected chi connectivity index (χ4v) is 4.68. The summed E-state index contributed by atoms with van der Waals surface area (Å²) in [5, 5.41) is 7.44. The van der Waals surface area contributed by atoms with Gasteiger partial charge in [0.2, 0.25) is 0 Å². The minimum absolute atomic E-state index is 0.592. The van der Waals surface area contributed by atoms with Crippen molar-refractivity contribution in [1.29, 1.82) is 0 Å². The molecular weight excluding hydrogens is 344 g/mol. The summed E-state index contributed by atoms with van der Waals surface area (Å²) in [6.45, 7) is 6.38. The molecule has 0 fully saturated rings. The standard InChI is InChI=1S/C24H42N4/c1-3-5-7-9-11-13-19-15-21-23(17-25-19)28-22-16-20(26-18-24(22)27-21)14-12-10-8-6-4-2/h19-20,25-26H,3-18H2,1-2H3/t19-,20-/m1/s1. The molecule has 2 atom stereocenters. The van der Waals surface area contributed by atoms with E-state index in [1.165, 1.54) is 99.8 Å². The Morgan fingerprint density at radius 1 is 0.607 bits per heavy atom. The van der Waals surface area contributed by atoms with Crippen molar-refractivity contribution in [1.82, 2.24) is 20.6 Å². The number of unbranched alkanes of at least 4 members (excludes halogenated alkanes) is 8. The highest BCUT2D eigenvalue weighted by molar-refractivity contribution is 5.25. The largest absolute Gasteiger partial charge is 0.308 e. The molecule has 3 heterocycles. The van der Waals surface area contributed by atoms with E-state index in [2.05, 4.69) is 24.5 Å². The molecule has 1 aromatic heterocycles. The van der Waals surface area contributed by atoms with Crippen LogP contribution in [0.2, 0.25) is 0 Å². The van der Waals surface area contributed by atoms with Gasteiger partial charge < -0.3 is 10.6 Å². The van der Waals surface area contributed by atoms with Crippen LogP contribution in [-0.2, 0) is 25.9 Å². The minimum atomic E-state index is 0.592. The maximum atomic E-state index is 5.05. The lowest BCUT2D eigenvalue weighted by molar-refractivity contribution is 0.399. The average molecular weight is 387 g/mol. The van der Waals surface area contributed by atoms with Crippen molar-refractivity contribution in [3.63, 3.8) is 0 Å². The van der Waals surface area contributed by atoms with E-state index in [4.69, 9.17) is 9.97 Å². The summed E-state index contributed by atoms with van der Waals surface area (Å²) < 4.78 is 0. The lowest BCUT2D eigenvalue weighted by Gasteiger charge is -2.29. The highest BCUT2D eigenvalue weighted by atomic mass is 15.0. The fourth-order valence-electron chi connectivity index (χ4n) is 4.68. The van der Waals surface area contributed by atoms with Crippen LogP contribution in [0.3, 0.4) is 0 Å². The third-order valence-electron chi connectivity index (χ3n) is 6.51. The minimum Gasteiger partial charge on any atom is -0.308 e. The molecule has 0 saturated carbocycles. The highest BCUT2D eigenvalue weighted by Gasteiger charge is 2.25. The second-order valence-corrected chi connectivity index (χ2v) is 8.98. The van der Waals surface area contributed by atoms with Gasteiger partial charge in [0.15, 0.2) is 0 Å². The van der Waals surface area contributed by atoms with Gasteiger partial charge in [0, 0.05) is 38.0 Å². The molecule has 0 aromatic carbocycles. The van der Waals surface area contributed by atoms with Crippen molar-refractivity contribution in [2.75, 3.05) is 0 Å². The maximum absolute atomic E-state index is 5.05. The van der Waals surface area contributed by atoms with Gasteiger partial charge in [-0.1, -0.05) is 78.1 Å². The van der Waals surface area contributed by atoms with Crippen molar-refractivity contribution in [3.8, 4) is 0 Å². The highest BCUT2D eigenvalue weighted by Crippen LogP contribution is 2.23. The fraction of sp³-hybridized carbons (Fsp3) is 0.833. The van der Waals surface area contributed by atoms with Gasteiger partial charge in [-0.15, -0.1) is 0 Å². The van der Waals surface area contributed by atoms with E-state index in [-0.39, 0.29) is 0 Å². The van der Waals surface area contributed by atoms with E-state index >= 15 is 0 Å². The van der Waals surface area contributed by atoms with E-state index in [0.717, 1.165) is 25.9 Å². The van der Waals surface area contributed by atoms with Gasteiger partial charge in [0.05, 0.1) is 22.8 Å². The van der Waals surface area contributed by atoms with E-state index in [9.17, 15) is 0 Å². The molecule has 0 bridgehead atoms.